The summed E-state index contributed by atoms with van der Waals surface area (Å²) in [4.78, 5) is 0. The standard InChI is InChI=1S/C12H18O2S2/c1-11(2)9(5-7-13-11)15-16-10-6-8-14-12(10,3)4/h5-10H,1-4H3. The van der Waals surface area contributed by atoms with Crippen LogP contribution in [0.1, 0.15) is 27.7 Å². The molecule has 0 bridgehead atoms. The van der Waals surface area contributed by atoms with Crippen LogP contribution in [0.15, 0.2) is 24.7 Å². The predicted molar refractivity (Wildman–Crippen MR) is 71.4 cm³/mol. The summed E-state index contributed by atoms with van der Waals surface area (Å²) in [5.74, 6) is 0. The Labute approximate surface area is 105 Å². The highest BCUT2D eigenvalue weighted by Gasteiger charge is 2.38. The van der Waals surface area contributed by atoms with Crippen LogP contribution in [0.4, 0.5) is 0 Å². The van der Waals surface area contributed by atoms with E-state index in [1.54, 1.807) is 0 Å². The zero-order valence-corrected chi connectivity index (χ0v) is 11.7. The van der Waals surface area contributed by atoms with Crippen molar-refractivity contribution < 1.29 is 9.47 Å². The second kappa shape index (κ2) is 4.22. The number of hydrogen-bond donors (Lipinski definition) is 0. The fraction of sp³-hybridized carbons (Fsp3) is 0.667. The van der Waals surface area contributed by atoms with E-state index in [9.17, 15) is 0 Å². The van der Waals surface area contributed by atoms with Crippen molar-refractivity contribution in [2.45, 2.75) is 49.4 Å². The van der Waals surface area contributed by atoms with Gasteiger partial charge in [-0.05, 0) is 39.8 Å². The topological polar surface area (TPSA) is 18.5 Å². The van der Waals surface area contributed by atoms with E-state index in [-0.39, 0.29) is 11.2 Å². The van der Waals surface area contributed by atoms with Gasteiger partial charge in [0.05, 0.1) is 23.0 Å². The zero-order chi connectivity index (χ0) is 11.8. The normalized spacial score (nSPS) is 33.8. The molecule has 0 fully saturated rings. The van der Waals surface area contributed by atoms with Crippen LogP contribution < -0.4 is 0 Å². The largest absolute Gasteiger partial charge is 0.494 e. The molecule has 0 N–H and O–H groups in total. The van der Waals surface area contributed by atoms with Gasteiger partial charge in [0, 0.05) is 0 Å². The van der Waals surface area contributed by atoms with Crippen LogP contribution in [0, 0.1) is 0 Å². The van der Waals surface area contributed by atoms with Gasteiger partial charge in [0.2, 0.25) is 0 Å². The summed E-state index contributed by atoms with van der Waals surface area (Å²) in [5.41, 5.74) is -0.185. The van der Waals surface area contributed by atoms with Gasteiger partial charge in [0.1, 0.15) is 11.2 Å². The van der Waals surface area contributed by atoms with E-state index in [1.165, 1.54) is 0 Å². The summed E-state index contributed by atoms with van der Waals surface area (Å²) in [6.07, 6.45) is 7.88. The minimum absolute atomic E-state index is 0.0923. The van der Waals surface area contributed by atoms with Crippen LogP contribution >= 0.6 is 21.6 Å². The van der Waals surface area contributed by atoms with Crippen molar-refractivity contribution >= 4 is 21.6 Å². The maximum Gasteiger partial charge on any atom is 0.119 e. The Morgan fingerprint density at radius 1 is 0.812 bits per heavy atom. The number of rotatable bonds is 3. The summed E-state index contributed by atoms with van der Waals surface area (Å²) in [6, 6.07) is 0. The average Bonchev–Trinajstić information content (AvgIpc) is 2.66. The van der Waals surface area contributed by atoms with Gasteiger partial charge in [-0.2, -0.15) is 0 Å². The van der Waals surface area contributed by atoms with Gasteiger partial charge in [-0.15, -0.1) is 0 Å². The van der Waals surface area contributed by atoms with Crippen molar-refractivity contribution in [2.24, 2.45) is 0 Å². The van der Waals surface area contributed by atoms with Crippen molar-refractivity contribution in [2.75, 3.05) is 0 Å². The molecule has 2 aliphatic rings. The van der Waals surface area contributed by atoms with Crippen molar-refractivity contribution in [1.82, 2.24) is 0 Å². The van der Waals surface area contributed by atoms with E-state index in [0.717, 1.165) is 0 Å². The van der Waals surface area contributed by atoms with E-state index >= 15 is 0 Å². The first-order chi connectivity index (χ1) is 7.42. The summed E-state index contributed by atoms with van der Waals surface area (Å²) >= 11 is 0. The first kappa shape index (κ1) is 12.2. The van der Waals surface area contributed by atoms with Gasteiger partial charge in [-0.3, -0.25) is 0 Å². The average molecular weight is 258 g/mol. The molecule has 4 heteroatoms. The summed E-state index contributed by atoms with van der Waals surface area (Å²) in [5, 5.41) is 0.810. The molecule has 2 nitrogen and oxygen atoms in total. The second-order valence-electron chi connectivity index (χ2n) is 5.13. The molecule has 2 aliphatic heterocycles. The Morgan fingerprint density at radius 3 is 1.44 bits per heavy atom. The minimum Gasteiger partial charge on any atom is -0.494 e. The lowest BCUT2D eigenvalue weighted by Gasteiger charge is -2.29. The lowest BCUT2D eigenvalue weighted by atomic mass is 10.1. The number of ether oxygens (including phenoxy) is 2. The monoisotopic (exact) mass is 258 g/mol. The third kappa shape index (κ3) is 2.38. The first-order valence-electron chi connectivity index (χ1n) is 5.43. The molecule has 0 aromatic carbocycles. The van der Waals surface area contributed by atoms with Crippen molar-refractivity contribution in [3.05, 3.63) is 24.7 Å². The highest BCUT2D eigenvalue weighted by atomic mass is 33.1. The van der Waals surface area contributed by atoms with Crippen molar-refractivity contribution in [1.29, 1.82) is 0 Å². The molecule has 0 aliphatic carbocycles. The Balaban J connectivity index is 1.88. The third-order valence-corrected chi connectivity index (χ3v) is 6.44. The second-order valence-corrected chi connectivity index (χ2v) is 7.69. The van der Waals surface area contributed by atoms with Crippen LogP contribution in [0.25, 0.3) is 0 Å². The molecule has 0 radical (unpaired) electrons. The van der Waals surface area contributed by atoms with Crippen molar-refractivity contribution in [3.63, 3.8) is 0 Å². The molecule has 2 rings (SSSR count). The predicted octanol–water partition coefficient (Wildman–Crippen LogP) is 3.75. The lowest BCUT2D eigenvalue weighted by molar-refractivity contribution is 0.0862. The SMILES string of the molecule is CC1(C)OC=CC1SSC1C=COC1(C)C. The maximum absolute atomic E-state index is 5.56. The van der Waals surface area contributed by atoms with Crippen molar-refractivity contribution in [3.8, 4) is 0 Å². The van der Waals surface area contributed by atoms with E-state index < -0.39 is 0 Å². The van der Waals surface area contributed by atoms with E-state index in [0.29, 0.717) is 10.5 Å². The summed E-state index contributed by atoms with van der Waals surface area (Å²) < 4.78 is 11.1. The molecule has 0 saturated heterocycles. The molecule has 2 atom stereocenters. The molecule has 0 aromatic heterocycles. The Bertz CT molecular complexity index is 289. The smallest absolute Gasteiger partial charge is 0.119 e. The molecule has 0 spiro atoms. The van der Waals surface area contributed by atoms with Crippen LogP contribution in [0.3, 0.4) is 0 Å². The highest BCUT2D eigenvalue weighted by Crippen LogP contribution is 2.45. The quantitative estimate of drug-likeness (QED) is 0.717. The van der Waals surface area contributed by atoms with Gasteiger partial charge in [-0.1, -0.05) is 21.6 Å². The van der Waals surface area contributed by atoms with E-state index in [1.807, 2.05) is 34.1 Å². The van der Waals surface area contributed by atoms with Crippen LogP contribution in [-0.4, -0.2) is 21.7 Å². The lowest BCUT2D eigenvalue weighted by Crippen LogP contribution is -2.32. The first-order valence-corrected chi connectivity index (χ1v) is 7.70. The fourth-order valence-electron chi connectivity index (χ4n) is 1.59. The minimum atomic E-state index is -0.0923. The zero-order valence-electron chi connectivity index (χ0n) is 10.1. The Morgan fingerprint density at radius 2 is 1.19 bits per heavy atom. The molecule has 2 heterocycles. The number of hydrogen-bond acceptors (Lipinski definition) is 4. The molecular weight excluding hydrogens is 240 g/mol. The molecule has 0 amide bonds. The van der Waals surface area contributed by atoms with Gasteiger partial charge in [0.25, 0.3) is 0 Å². The highest BCUT2D eigenvalue weighted by molar-refractivity contribution is 8.77. The van der Waals surface area contributed by atoms with Gasteiger partial charge in [-0.25, -0.2) is 0 Å². The van der Waals surface area contributed by atoms with Crippen LogP contribution in [0.5, 0.6) is 0 Å². The molecule has 0 saturated carbocycles. The molecule has 16 heavy (non-hydrogen) atoms. The molecular formula is C12H18O2S2. The Kier molecular flexibility index (Phi) is 3.23. The van der Waals surface area contributed by atoms with Crippen LogP contribution in [0.2, 0.25) is 0 Å². The van der Waals surface area contributed by atoms with Gasteiger partial charge >= 0.3 is 0 Å². The van der Waals surface area contributed by atoms with Gasteiger partial charge in [0.15, 0.2) is 0 Å². The maximum atomic E-state index is 5.56. The van der Waals surface area contributed by atoms with Crippen LogP contribution in [-0.2, 0) is 9.47 Å². The summed E-state index contributed by atoms with van der Waals surface area (Å²) in [7, 11) is 3.73. The fourth-order valence-corrected chi connectivity index (χ4v) is 5.15. The van der Waals surface area contributed by atoms with E-state index in [4.69, 9.17) is 9.47 Å². The third-order valence-electron chi connectivity index (χ3n) is 2.88. The van der Waals surface area contributed by atoms with Gasteiger partial charge < -0.3 is 9.47 Å². The molecule has 0 aromatic rings. The summed E-state index contributed by atoms with van der Waals surface area (Å²) in [6.45, 7) is 8.49. The molecule has 90 valence electrons. The Hall–Kier alpha value is -0.220. The van der Waals surface area contributed by atoms with E-state index in [2.05, 4.69) is 39.8 Å². The molecule has 2 unspecified atom stereocenters.